The number of nitrogens with zero attached hydrogens (tertiary/aromatic N) is 22. The number of nitrogen functional groups attached to an aromatic ring is 6. The molecule has 4 saturated heterocycles. The molecule has 0 unspecified atom stereocenters. The van der Waals surface area contributed by atoms with Gasteiger partial charge < -0.3 is 88.0 Å². The first-order chi connectivity index (χ1) is 52.0. The Morgan fingerprint density at radius 3 is 1.06 bits per heavy atom. The van der Waals surface area contributed by atoms with Crippen LogP contribution >= 0.6 is 0 Å². The molecular formula is C74H110N34. The predicted molar refractivity (Wildman–Crippen MR) is 429 cm³/mol. The maximum absolute atomic E-state index is 6.04. The molecule has 34 nitrogen and oxygen atoms in total. The van der Waals surface area contributed by atoms with E-state index in [1.54, 1.807) is 51.9 Å². The van der Waals surface area contributed by atoms with Crippen LogP contribution in [-0.2, 0) is 12.8 Å². The number of anilines is 10. The van der Waals surface area contributed by atoms with Crippen LogP contribution in [0.1, 0.15) is 128 Å². The third-order valence-electron chi connectivity index (χ3n) is 21.6. The monoisotopic (exact) mass is 1470 g/mol. The summed E-state index contributed by atoms with van der Waals surface area (Å²) in [5, 5.41) is 28.6. The SMILES string of the molecule is Cc1cnn2c(N)cc(CC3CCC(N)CC3)nc12.Cc1cnn2c(N)cc(CC3CCC(N)CC3)nc12.Cc1cnn2c(N)cc(N3CC(N)C3)nc12.Cc1cnn2c(N)cc(N3CCC(N)CC3)nc12.Cc1cnn2c(N)cc(N3CCCNCC3)nc12.Cc1cnn2c(N)cc(N3CCC[C@@H]3CN)nc12. The van der Waals surface area contributed by atoms with Crippen LogP contribution in [0.25, 0.3) is 33.9 Å². The average molecular weight is 1480 g/mol. The molecule has 18 rings (SSSR count). The van der Waals surface area contributed by atoms with Crippen LogP contribution in [0.2, 0.25) is 0 Å². The molecule has 0 amide bonds. The van der Waals surface area contributed by atoms with Gasteiger partial charge in [-0.3, -0.25) is 0 Å². The van der Waals surface area contributed by atoms with Crippen LogP contribution in [0.5, 0.6) is 0 Å². The van der Waals surface area contributed by atoms with Crippen molar-refractivity contribution in [2.45, 2.75) is 168 Å². The first-order valence-electron chi connectivity index (χ1n) is 38.1. The van der Waals surface area contributed by atoms with E-state index in [4.69, 9.17) is 73.0 Å². The summed E-state index contributed by atoms with van der Waals surface area (Å²) in [4.78, 5) is 36.8. The lowest BCUT2D eigenvalue weighted by atomic mass is 9.84. The third-order valence-corrected chi connectivity index (χ3v) is 21.6. The van der Waals surface area contributed by atoms with Gasteiger partial charge in [0.05, 0.1) is 37.2 Å². The molecule has 0 aromatic carbocycles. The number of piperidine rings is 1. The zero-order valence-electron chi connectivity index (χ0n) is 63.3. The summed E-state index contributed by atoms with van der Waals surface area (Å²) in [5.41, 5.74) is 79.0. The molecule has 2 aliphatic carbocycles. The molecule has 2 saturated carbocycles. The molecule has 576 valence electrons. The van der Waals surface area contributed by atoms with Crippen molar-refractivity contribution in [3.63, 3.8) is 0 Å². The van der Waals surface area contributed by atoms with Gasteiger partial charge in [0.2, 0.25) is 0 Å². The van der Waals surface area contributed by atoms with E-state index in [1.807, 2.05) is 90.3 Å². The van der Waals surface area contributed by atoms with Crippen LogP contribution in [0.3, 0.4) is 0 Å². The second-order valence-corrected chi connectivity index (χ2v) is 30.2. The highest BCUT2D eigenvalue weighted by Crippen LogP contribution is 2.32. The Balaban J connectivity index is 0.000000114. The fourth-order valence-corrected chi connectivity index (χ4v) is 15.1. The minimum Gasteiger partial charge on any atom is -0.384 e. The number of hydrogen-bond donors (Lipinski definition) is 12. The molecule has 0 bridgehead atoms. The van der Waals surface area contributed by atoms with Gasteiger partial charge in [-0.1, -0.05) is 0 Å². The van der Waals surface area contributed by atoms with Crippen molar-refractivity contribution in [1.29, 1.82) is 0 Å². The molecule has 0 spiro atoms. The van der Waals surface area contributed by atoms with E-state index in [9.17, 15) is 0 Å². The molecule has 108 heavy (non-hydrogen) atoms. The van der Waals surface area contributed by atoms with E-state index in [-0.39, 0.29) is 6.04 Å². The summed E-state index contributed by atoms with van der Waals surface area (Å²) in [7, 11) is 0. The molecule has 16 heterocycles. The molecule has 6 aliphatic rings. The highest BCUT2D eigenvalue weighted by atomic mass is 15.4. The van der Waals surface area contributed by atoms with Crippen molar-refractivity contribution in [2.24, 2.45) is 40.5 Å². The van der Waals surface area contributed by atoms with Gasteiger partial charge in [-0.2, -0.15) is 57.7 Å². The minimum absolute atomic E-state index is 0.255. The quantitative estimate of drug-likeness (QED) is 0.0936. The summed E-state index contributed by atoms with van der Waals surface area (Å²) in [6.07, 6.45) is 27.5. The van der Waals surface area contributed by atoms with Gasteiger partial charge in [0.1, 0.15) is 58.2 Å². The normalized spacial score (nSPS) is 20.0. The summed E-state index contributed by atoms with van der Waals surface area (Å²) in [5.74, 6) is 8.88. The second kappa shape index (κ2) is 33.3. The highest BCUT2D eigenvalue weighted by molar-refractivity contribution is 5.64. The predicted octanol–water partition coefficient (Wildman–Crippen LogP) is 4.64. The topological polar surface area (TPSA) is 492 Å². The molecule has 0 radical (unpaired) electrons. The first-order valence-corrected chi connectivity index (χ1v) is 38.1. The number of fused-ring (bicyclic) bond motifs is 6. The standard InChI is InChI=1S/2C14H21N5.3C12H18N6.C10H14N6/c2*1-9-8-17-19-13(16)7-12(18-14(9)19)6-10-2-4-11(15)5-3-10;1-8-7-15-18-10(14)6-11(16-12(8)18)17-4-2-9(13)3-5-17;1-9-8-15-18-10(13)7-11(16-12(9)18)17-5-2-3-14-4-6-17;1-8-7-15-18-10(14)5-11(16-12(8)18)17-4-2-3-9(17)6-13;1-6-3-13-16-8(12)2-9(14-10(6)16)15-4-7(11)5-15/h2*7-8,10-11H,2-6,15-16H2,1H3;6-7,9H,2-5,13-14H2,1H3;7-8,14H,2-6,13H2,1H3;5,7,9H,2-4,6,13-14H2,1H3;2-3,7H,4-5,11-12H2,1H3/t;;;;9-;/m....1./s1. The van der Waals surface area contributed by atoms with E-state index < -0.39 is 0 Å². The third kappa shape index (κ3) is 17.2. The van der Waals surface area contributed by atoms with Gasteiger partial charge in [0, 0.05) is 170 Å². The summed E-state index contributed by atoms with van der Waals surface area (Å²) in [6.45, 7) is 21.2. The summed E-state index contributed by atoms with van der Waals surface area (Å²) >= 11 is 0. The van der Waals surface area contributed by atoms with Gasteiger partial charge in [-0.05, 0) is 156 Å². The van der Waals surface area contributed by atoms with Gasteiger partial charge in [0.25, 0.3) is 0 Å². The summed E-state index contributed by atoms with van der Waals surface area (Å²) in [6, 6.07) is 13.2. The van der Waals surface area contributed by atoms with E-state index in [0.29, 0.717) is 77.5 Å². The van der Waals surface area contributed by atoms with Crippen LogP contribution in [0, 0.1) is 53.4 Å². The van der Waals surface area contributed by atoms with Gasteiger partial charge >= 0.3 is 0 Å². The minimum atomic E-state index is 0.255. The molecule has 12 aromatic heterocycles. The Hall–Kier alpha value is -10.5. The van der Waals surface area contributed by atoms with Crippen molar-refractivity contribution in [2.75, 3.05) is 119 Å². The van der Waals surface area contributed by atoms with Crippen molar-refractivity contribution in [3.05, 3.63) is 118 Å². The van der Waals surface area contributed by atoms with E-state index in [1.165, 1.54) is 25.7 Å². The second-order valence-electron chi connectivity index (χ2n) is 30.2. The molecular weight excluding hydrogens is 1370 g/mol. The Morgan fingerprint density at radius 2 is 0.676 bits per heavy atom. The Bertz CT molecular complexity index is 4900. The van der Waals surface area contributed by atoms with Crippen LogP contribution in [0.4, 0.5) is 58.2 Å². The van der Waals surface area contributed by atoms with Crippen molar-refractivity contribution in [3.8, 4) is 0 Å². The van der Waals surface area contributed by atoms with Crippen LogP contribution in [-0.4, -0.2) is 183 Å². The van der Waals surface area contributed by atoms with E-state index >= 15 is 0 Å². The van der Waals surface area contributed by atoms with Gasteiger partial charge in [-0.25, -0.2) is 29.9 Å². The van der Waals surface area contributed by atoms with Crippen molar-refractivity contribution in [1.82, 2.24) is 92.9 Å². The average Bonchev–Trinajstić information content (AvgIpc) is 1.55. The zero-order valence-corrected chi connectivity index (χ0v) is 63.3. The molecule has 6 fully saturated rings. The molecule has 34 heteroatoms. The number of nitrogens with one attached hydrogen (secondary N) is 1. The smallest absolute Gasteiger partial charge is 0.162 e. The number of aromatic nitrogens is 18. The van der Waals surface area contributed by atoms with Crippen LogP contribution in [0.15, 0.2) is 73.6 Å². The molecule has 1 atom stereocenters. The molecule has 12 aromatic rings. The maximum Gasteiger partial charge on any atom is 0.162 e. The lowest BCUT2D eigenvalue weighted by Gasteiger charge is -2.37. The lowest BCUT2D eigenvalue weighted by Crippen LogP contribution is -2.56. The highest BCUT2D eigenvalue weighted by Gasteiger charge is 2.29. The van der Waals surface area contributed by atoms with E-state index in [2.05, 4.69) is 75.4 Å². The molecule has 23 N–H and O–H groups in total. The number of nitrogens with two attached hydrogens (primary N) is 11. The Kier molecular flexibility index (Phi) is 23.4. The fraction of sp³-hybridized carbons (Fsp3) is 0.514. The summed E-state index contributed by atoms with van der Waals surface area (Å²) < 4.78 is 10.1. The number of rotatable bonds is 9. The first kappa shape index (κ1) is 75.7. The maximum atomic E-state index is 6.04. The van der Waals surface area contributed by atoms with E-state index in [0.717, 1.165) is 231 Å². The van der Waals surface area contributed by atoms with Crippen molar-refractivity contribution >= 4 is 92.1 Å². The largest absolute Gasteiger partial charge is 0.384 e. The number of hydrogen-bond acceptors (Lipinski definition) is 28. The molecule has 4 aliphatic heterocycles. The number of aryl methyl sites for hydroxylation is 6. The van der Waals surface area contributed by atoms with Gasteiger partial charge in [-0.15, -0.1) is 0 Å². The van der Waals surface area contributed by atoms with Crippen LogP contribution < -0.4 is 88.0 Å². The zero-order chi connectivity index (χ0) is 76.0. The Morgan fingerprint density at radius 1 is 0.343 bits per heavy atom. The van der Waals surface area contributed by atoms with Gasteiger partial charge in [0.15, 0.2) is 33.9 Å². The van der Waals surface area contributed by atoms with Crippen molar-refractivity contribution < 1.29 is 0 Å². The fourth-order valence-electron chi connectivity index (χ4n) is 15.1. The lowest BCUT2D eigenvalue weighted by molar-refractivity contribution is 0.323. The Labute approximate surface area is 628 Å².